The monoisotopic (exact) mass is 304 g/mol. The van der Waals surface area contributed by atoms with Crippen molar-refractivity contribution in [3.8, 4) is 0 Å². The molecule has 1 aromatic carbocycles. The van der Waals surface area contributed by atoms with Crippen molar-refractivity contribution in [3.63, 3.8) is 0 Å². The number of benzene rings is 1. The fourth-order valence-corrected chi connectivity index (χ4v) is 2.68. The third-order valence-electron chi connectivity index (χ3n) is 4.03. The van der Waals surface area contributed by atoms with E-state index in [9.17, 15) is 9.59 Å². The zero-order valence-corrected chi connectivity index (χ0v) is 13.0. The molecule has 2 amide bonds. The molecule has 1 aliphatic heterocycles. The minimum absolute atomic E-state index is 0.0111. The third-order valence-corrected chi connectivity index (χ3v) is 4.03. The van der Waals surface area contributed by atoms with Crippen LogP contribution in [0.1, 0.15) is 43.0 Å². The van der Waals surface area contributed by atoms with E-state index in [0.717, 1.165) is 19.3 Å². The predicted molar refractivity (Wildman–Crippen MR) is 85.7 cm³/mol. The van der Waals surface area contributed by atoms with E-state index in [-0.39, 0.29) is 18.4 Å². The zero-order chi connectivity index (χ0) is 15.9. The van der Waals surface area contributed by atoms with Crippen LogP contribution in [0.5, 0.6) is 0 Å². The van der Waals surface area contributed by atoms with Gasteiger partial charge in [-0.25, -0.2) is 0 Å². The number of hydrogen-bond acceptors (Lipinski definition) is 3. The van der Waals surface area contributed by atoms with Crippen LogP contribution in [0.15, 0.2) is 24.3 Å². The number of nitrogens with zero attached hydrogens (tertiary/aromatic N) is 1. The van der Waals surface area contributed by atoms with Crippen LogP contribution < -0.4 is 5.32 Å². The highest BCUT2D eigenvalue weighted by Crippen LogP contribution is 2.20. The summed E-state index contributed by atoms with van der Waals surface area (Å²) < 4.78 is 0. The fraction of sp³-hybridized carbons (Fsp3) is 0.529. The van der Waals surface area contributed by atoms with Crippen LogP contribution in [-0.4, -0.2) is 41.5 Å². The van der Waals surface area contributed by atoms with E-state index >= 15 is 0 Å². The van der Waals surface area contributed by atoms with Gasteiger partial charge in [-0.15, -0.1) is 0 Å². The molecule has 1 aromatic rings. The number of hydrogen-bond donors (Lipinski definition) is 2. The van der Waals surface area contributed by atoms with Gasteiger partial charge in [0, 0.05) is 37.4 Å². The summed E-state index contributed by atoms with van der Waals surface area (Å²) in [6, 6.07) is 7.08. The Labute approximate surface area is 131 Å². The van der Waals surface area contributed by atoms with Crippen LogP contribution in [0.3, 0.4) is 0 Å². The maximum atomic E-state index is 12.5. The summed E-state index contributed by atoms with van der Waals surface area (Å²) in [5.74, 6) is 0.266. The van der Waals surface area contributed by atoms with E-state index in [0.29, 0.717) is 36.7 Å². The van der Waals surface area contributed by atoms with Crippen molar-refractivity contribution >= 4 is 17.5 Å². The third kappa shape index (κ3) is 4.31. The van der Waals surface area contributed by atoms with Gasteiger partial charge < -0.3 is 15.3 Å². The Balaban J connectivity index is 2.00. The van der Waals surface area contributed by atoms with Crippen molar-refractivity contribution in [2.75, 3.05) is 25.0 Å². The molecule has 0 aromatic heterocycles. The summed E-state index contributed by atoms with van der Waals surface area (Å²) in [5, 5.41) is 12.0. The summed E-state index contributed by atoms with van der Waals surface area (Å²) in [6.07, 6.45) is 2.96. The molecule has 22 heavy (non-hydrogen) atoms. The summed E-state index contributed by atoms with van der Waals surface area (Å²) in [6.45, 7) is 3.50. The molecule has 120 valence electrons. The average molecular weight is 304 g/mol. The first-order valence-electron chi connectivity index (χ1n) is 7.94. The van der Waals surface area contributed by atoms with Gasteiger partial charge in [-0.2, -0.15) is 0 Å². The second kappa shape index (κ2) is 7.94. The second-order valence-corrected chi connectivity index (χ2v) is 5.80. The van der Waals surface area contributed by atoms with E-state index in [2.05, 4.69) is 5.32 Å². The minimum atomic E-state index is -0.0316. The summed E-state index contributed by atoms with van der Waals surface area (Å²) in [4.78, 5) is 26.0. The lowest BCUT2D eigenvalue weighted by molar-refractivity contribution is -0.116. The van der Waals surface area contributed by atoms with Gasteiger partial charge >= 0.3 is 0 Å². The molecule has 0 saturated carbocycles. The van der Waals surface area contributed by atoms with Gasteiger partial charge in [-0.05, 0) is 43.4 Å². The number of aliphatic hydroxyl groups is 1. The van der Waals surface area contributed by atoms with Crippen LogP contribution >= 0.6 is 0 Å². The van der Waals surface area contributed by atoms with Gasteiger partial charge in [0.2, 0.25) is 5.91 Å². The van der Waals surface area contributed by atoms with Gasteiger partial charge in [0.05, 0.1) is 0 Å². The van der Waals surface area contributed by atoms with Crippen molar-refractivity contribution in [2.24, 2.45) is 5.92 Å². The SMILES string of the molecule is CCCC(=O)Nc1cccc(C(=O)N2CCC(CO)CC2)c1. The quantitative estimate of drug-likeness (QED) is 0.876. The average Bonchev–Trinajstić information content (AvgIpc) is 2.54. The van der Waals surface area contributed by atoms with Crippen molar-refractivity contribution in [3.05, 3.63) is 29.8 Å². The second-order valence-electron chi connectivity index (χ2n) is 5.80. The molecule has 1 saturated heterocycles. The van der Waals surface area contributed by atoms with Crippen LogP contribution in [0.2, 0.25) is 0 Å². The van der Waals surface area contributed by atoms with Crippen molar-refractivity contribution in [2.45, 2.75) is 32.6 Å². The number of aliphatic hydroxyl groups excluding tert-OH is 1. The zero-order valence-electron chi connectivity index (χ0n) is 13.0. The molecule has 0 spiro atoms. The lowest BCUT2D eigenvalue weighted by Crippen LogP contribution is -2.39. The number of nitrogens with one attached hydrogen (secondary N) is 1. The molecular formula is C17H24N2O3. The Morgan fingerprint density at radius 2 is 2.05 bits per heavy atom. The standard InChI is InChI=1S/C17H24N2O3/c1-2-4-16(21)18-15-6-3-5-14(11-15)17(22)19-9-7-13(12-20)8-10-19/h3,5-6,11,13,20H,2,4,7-10,12H2,1H3,(H,18,21). The molecule has 5 heteroatoms. The molecular weight excluding hydrogens is 280 g/mol. The molecule has 0 atom stereocenters. The molecule has 0 aliphatic carbocycles. The highest BCUT2D eigenvalue weighted by Gasteiger charge is 2.23. The number of rotatable bonds is 5. The van der Waals surface area contributed by atoms with Crippen LogP contribution in [-0.2, 0) is 4.79 Å². The van der Waals surface area contributed by atoms with E-state index in [1.807, 2.05) is 11.8 Å². The Morgan fingerprint density at radius 3 is 2.68 bits per heavy atom. The number of amides is 2. The molecule has 1 aliphatic rings. The highest BCUT2D eigenvalue weighted by molar-refractivity contribution is 5.97. The van der Waals surface area contributed by atoms with Gasteiger partial charge in [0.15, 0.2) is 0 Å². The summed E-state index contributed by atoms with van der Waals surface area (Å²) in [7, 11) is 0. The van der Waals surface area contributed by atoms with E-state index in [1.165, 1.54) is 0 Å². The largest absolute Gasteiger partial charge is 0.396 e. The van der Waals surface area contributed by atoms with Crippen LogP contribution in [0.25, 0.3) is 0 Å². The first-order chi connectivity index (χ1) is 10.6. The Bertz CT molecular complexity index is 522. The first kappa shape index (κ1) is 16.5. The normalized spacial score (nSPS) is 15.6. The van der Waals surface area contributed by atoms with E-state index < -0.39 is 0 Å². The Morgan fingerprint density at radius 1 is 1.32 bits per heavy atom. The number of carbonyl (C=O) groups excluding carboxylic acids is 2. The number of piperidine rings is 1. The lowest BCUT2D eigenvalue weighted by Gasteiger charge is -2.31. The number of anilines is 1. The van der Waals surface area contributed by atoms with E-state index in [4.69, 9.17) is 5.11 Å². The van der Waals surface area contributed by atoms with Gasteiger partial charge in [0.1, 0.15) is 0 Å². The molecule has 2 rings (SSSR count). The van der Waals surface area contributed by atoms with Gasteiger partial charge in [0.25, 0.3) is 5.91 Å². The summed E-state index contributed by atoms with van der Waals surface area (Å²) >= 11 is 0. The van der Waals surface area contributed by atoms with Crippen molar-refractivity contribution < 1.29 is 14.7 Å². The smallest absolute Gasteiger partial charge is 0.253 e. The maximum Gasteiger partial charge on any atom is 0.253 e. The molecule has 2 N–H and O–H groups in total. The van der Waals surface area contributed by atoms with Crippen molar-refractivity contribution in [1.29, 1.82) is 0 Å². The number of likely N-dealkylation sites (tertiary alicyclic amines) is 1. The first-order valence-corrected chi connectivity index (χ1v) is 7.94. The molecule has 1 fully saturated rings. The predicted octanol–water partition coefficient (Wildman–Crippen LogP) is 2.27. The molecule has 0 bridgehead atoms. The van der Waals surface area contributed by atoms with Gasteiger partial charge in [-0.3, -0.25) is 9.59 Å². The maximum absolute atomic E-state index is 12.5. The molecule has 5 nitrogen and oxygen atoms in total. The van der Waals surface area contributed by atoms with Crippen LogP contribution in [0, 0.1) is 5.92 Å². The van der Waals surface area contributed by atoms with Crippen LogP contribution in [0.4, 0.5) is 5.69 Å². The molecule has 1 heterocycles. The number of carbonyl (C=O) groups is 2. The Kier molecular flexibility index (Phi) is 5.95. The molecule has 0 radical (unpaired) electrons. The summed E-state index contributed by atoms with van der Waals surface area (Å²) in [5.41, 5.74) is 1.26. The van der Waals surface area contributed by atoms with E-state index in [1.54, 1.807) is 24.3 Å². The fourth-order valence-electron chi connectivity index (χ4n) is 2.68. The van der Waals surface area contributed by atoms with Crippen molar-refractivity contribution in [1.82, 2.24) is 4.90 Å². The Hall–Kier alpha value is -1.88. The highest BCUT2D eigenvalue weighted by atomic mass is 16.3. The lowest BCUT2D eigenvalue weighted by atomic mass is 9.97. The van der Waals surface area contributed by atoms with Gasteiger partial charge in [-0.1, -0.05) is 13.0 Å². The topological polar surface area (TPSA) is 69.6 Å². The minimum Gasteiger partial charge on any atom is -0.396 e. The molecule has 0 unspecified atom stereocenters.